The summed E-state index contributed by atoms with van der Waals surface area (Å²) in [5.41, 5.74) is 0. The standard InChI is InChI=1S/C2H4I2S/c1-5-2(3)4/h2H,1H3. The predicted molar refractivity (Wildman–Crippen MR) is 45.3 cm³/mol. The third kappa shape index (κ3) is 5.81. The van der Waals surface area contributed by atoms with E-state index in [1.807, 2.05) is 11.8 Å². The van der Waals surface area contributed by atoms with Gasteiger partial charge in [-0.3, -0.25) is 0 Å². The summed E-state index contributed by atoms with van der Waals surface area (Å²) in [4.78, 5) is 0. The highest BCUT2D eigenvalue weighted by molar-refractivity contribution is 14.2. The number of hydrogen-bond donors (Lipinski definition) is 0. The molecule has 0 aliphatic carbocycles. The summed E-state index contributed by atoms with van der Waals surface area (Å²) in [7, 11) is 0. The Morgan fingerprint density at radius 1 is 1.60 bits per heavy atom. The van der Waals surface area contributed by atoms with Crippen LogP contribution in [0.15, 0.2) is 0 Å². The monoisotopic (exact) mass is 314 g/mol. The number of hydrogen-bond acceptors (Lipinski definition) is 1. The lowest BCUT2D eigenvalue weighted by Crippen LogP contribution is -1.63. The van der Waals surface area contributed by atoms with Crippen LogP contribution in [0.1, 0.15) is 0 Å². The smallest absolute Gasteiger partial charge is 0.107 e. The quantitative estimate of drug-likeness (QED) is 0.529. The lowest BCUT2D eigenvalue weighted by molar-refractivity contribution is 2.26. The van der Waals surface area contributed by atoms with Gasteiger partial charge in [0.05, 0.1) is 0 Å². The topological polar surface area (TPSA) is 0 Å². The molecule has 0 rings (SSSR count). The van der Waals surface area contributed by atoms with Crippen molar-refractivity contribution in [2.24, 2.45) is 0 Å². The first kappa shape index (κ1) is 6.81. The summed E-state index contributed by atoms with van der Waals surface area (Å²) in [5, 5.41) is 0. The lowest BCUT2D eigenvalue weighted by Gasteiger charge is -1.86. The minimum Gasteiger partial charge on any atom is -0.141 e. The van der Waals surface area contributed by atoms with Crippen LogP contribution in [0, 0.1) is 0 Å². The molecule has 0 aromatic rings. The number of halogens is 2. The Hall–Kier alpha value is 1.81. The second kappa shape index (κ2) is 3.98. The van der Waals surface area contributed by atoms with Gasteiger partial charge in [-0.1, -0.05) is 45.2 Å². The zero-order chi connectivity index (χ0) is 4.28. The van der Waals surface area contributed by atoms with Crippen molar-refractivity contribution in [1.29, 1.82) is 0 Å². The highest BCUT2D eigenvalue weighted by Crippen LogP contribution is 2.20. The molecule has 0 unspecified atom stereocenters. The van der Waals surface area contributed by atoms with Crippen LogP contribution in [-0.2, 0) is 0 Å². The van der Waals surface area contributed by atoms with Crippen molar-refractivity contribution in [2.75, 3.05) is 6.26 Å². The molecule has 0 radical (unpaired) electrons. The summed E-state index contributed by atoms with van der Waals surface area (Å²) in [6.45, 7) is 0. The summed E-state index contributed by atoms with van der Waals surface area (Å²) in [6.07, 6.45) is 2.10. The maximum Gasteiger partial charge on any atom is 0.107 e. The Bertz CT molecular complexity index is 21.6. The second-order valence-electron chi connectivity index (χ2n) is 0.496. The first-order chi connectivity index (χ1) is 2.27. The molecule has 0 aromatic heterocycles. The van der Waals surface area contributed by atoms with E-state index in [1.165, 1.54) is 0 Å². The van der Waals surface area contributed by atoms with Crippen LogP contribution in [0.5, 0.6) is 0 Å². The molecule has 0 N–H and O–H groups in total. The zero-order valence-electron chi connectivity index (χ0n) is 2.74. The molecule has 5 heavy (non-hydrogen) atoms. The molecule has 0 nitrogen and oxygen atoms in total. The predicted octanol–water partition coefficient (Wildman–Crippen LogP) is 2.50. The van der Waals surface area contributed by atoms with Gasteiger partial charge in [-0.25, -0.2) is 0 Å². The van der Waals surface area contributed by atoms with Crippen molar-refractivity contribution in [1.82, 2.24) is 0 Å². The normalized spacial score (nSPS) is 9.60. The van der Waals surface area contributed by atoms with E-state index in [-0.39, 0.29) is 0 Å². The number of thioether (sulfide) groups is 1. The largest absolute Gasteiger partial charge is 0.141 e. The zero-order valence-corrected chi connectivity index (χ0v) is 7.87. The maximum absolute atomic E-state index is 2.36. The van der Waals surface area contributed by atoms with Gasteiger partial charge >= 0.3 is 0 Å². The average molecular weight is 314 g/mol. The van der Waals surface area contributed by atoms with Gasteiger partial charge in [0.2, 0.25) is 0 Å². The molecule has 0 spiro atoms. The van der Waals surface area contributed by atoms with E-state index < -0.39 is 0 Å². The summed E-state index contributed by atoms with van der Waals surface area (Å²) in [5.74, 6) is 0. The van der Waals surface area contributed by atoms with Gasteiger partial charge in [0.25, 0.3) is 0 Å². The summed E-state index contributed by atoms with van der Waals surface area (Å²) in [6, 6.07) is 0. The van der Waals surface area contributed by atoms with Crippen molar-refractivity contribution < 1.29 is 0 Å². The van der Waals surface area contributed by atoms with Crippen LogP contribution in [0.2, 0.25) is 0 Å². The van der Waals surface area contributed by atoms with Gasteiger partial charge in [0, 0.05) is 0 Å². The highest BCUT2D eigenvalue weighted by atomic mass is 127. The van der Waals surface area contributed by atoms with Crippen molar-refractivity contribution in [3.8, 4) is 0 Å². The molecular formula is C2H4I2S. The average Bonchev–Trinajstić information content (AvgIpc) is 1.38. The fourth-order valence-electron chi connectivity index (χ4n) is 0. The highest BCUT2D eigenvalue weighted by Gasteiger charge is 1.85. The first-order valence-electron chi connectivity index (χ1n) is 1.08. The Morgan fingerprint density at radius 2 is 1.80 bits per heavy atom. The first-order valence-corrected chi connectivity index (χ1v) is 4.86. The molecule has 3 heteroatoms. The molecule has 0 aliphatic rings. The summed E-state index contributed by atoms with van der Waals surface area (Å²) < 4.78 is 0.741. The molecule has 0 saturated heterocycles. The Kier molecular flexibility index (Phi) is 5.42. The minimum atomic E-state index is 0.741. The fourth-order valence-corrected chi connectivity index (χ4v) is 0. The van der Waals surface area contributed by atoms with E-state index in [1.54, 1.807) is 0 Å². The molecule has 32 valence electrons. The van der Waals surface area contributed by atoms with Gasteiger partial charge in [-0.05, 0) is 6.26 Å². The van der Waals surface area contributed by atoms with Crippen molar-refractivity contribution in [3.05, 3.63) is 0 Å². The Balaban J connectivity index is 2.54. The van der Waals surface area contributed by atoms with Gasteiger partial charge in [-0.2, -0.15) is 0 Å². The van der Waals surface area contributed by atoms with E-state index in [2.05, 4.69) is 51.4 Å². The minimum absolute atomic E-state index is 0.741. The van der Waals surface area contributed by atoms with E-state index in [9.17, 15) is 0 Å². The van der Waals surface area contributed by atoms with Crippen molar-refractivity contribution >= 4 is 56.9 Å². The lowest BCUT2D eigenvalue weighted by atomic mass is 11.9. The van der Waals surface area contributed by atoms with Gasteiger partial charge < -0.3 is 0 Å². The molecular weight excluding hydrogens is 310 g/mol. The van der Waals surface area contributed by atoms with Crippen LogP contribution in [-0.4, -0.2) is 7.52 Å². The van der Waals surface area contributed by atoms with E-state index >= 15 is 0 Å². The number of rotatable bonds is 1. The third-order valence-electron chi connectivity index (χ3n) is 0.178. The van der Waals surface area contributed by atoms with Gasteiger partial charge in [0.15, 0.2) is 0 Å². The Labute approximate surface area is 63.8 Å². The van der Waals surface area contributed by atoms with E-state index in [0.29, 0.717) is 0 Å². The molecule has 0 fully saturated rings. The van der Waals surface area contributed by atoms with Crippen molar-refractivity contribution in [3.63, 3.8) is 0 Å². The second-order valence-corrected chi connectivity index (χ2v) is 8.00. The molecule has 0 amide bonds. The Morgan fingerprint density at radius 3 is 1.80 bits per heavy atom. The fraction of sp³-hybridized carbons (Fsp3) is 1.00. The van der Waals surface area contributed by atoms with Crippen molar-refractivity contribution in [2.45, 2.75) is 1.26 Å². The van der Waals surface area contributed by atoms with Crippen LogP contribution in [0.4, 0.5) is 0 Å². The molecule has 0 aliphatic heterocycles. The van der Waals surface area contributed by atoms with E-state index in [0.717, 1.165) is 1.26 Å². The van der Waals surface area contributed by atoms with Crippen LogP contribution in [0.25, 0.3) is 0 Å². The van der Waals surface area contributed by atoms with Gasteiger partial charge in [0.1, 0.15) is 1.26 Å². The van der Waals surface area contributed by atoms with E-state index in [4.69, 9.17) is 0 Å². The maximum atomic E-state index is 2.36. The third-order valence-corrected chi connectivity index (χ3v) is 3.59. The van der Waals surface area contributed by atoms with Gasteiger partial charge in [-0.15, -0.1) is 11.8 Å². The van der Waals surface area contributed by atoms with Crippen LogP contribution < -0.4 is 0 Å². The molecule has 0 aromatic carbocycles. The molecule has 0 saturated carbocycles. The van der Waals surface area contributed by atoms with Crippen LogP contribution >= 0.6 is 56.9 Å². The van der Waals surface area contributed by atoms with Crippen LogP contribution in [0.3, 0.4) is 0 Å². The summed E-state index contributed by atoms with van der Waals surface area (Å²) >= 11 is 6.56. The SMILES string of the molecule is CSC(I)I. The molecule has 0 heterocycles. The molecule has 0 atom stereocenters. The molecule has 0 bridgehead atoms. The number of alkyl halides is 2.